The molecule has 1 heterocycles. The van der Waals surface area contributed by atoms with Gasteiger partial charge in [0, 0.05) is 38.9 Å². The maximum Gasteiger partial charge on any atom is 0.358 e. The van der Waals surface area contributed by atoms with Crippen LogP contribution in [0.2, 0.25) is 10.0 Å². The number of hydrogen-bond acceptors (Lipinski definition) is 7. The highest BCUT2D eigenvalue weighted by Gasteiger charge is 2.27. The van der Waals surface area contributed by atoms with Crippen molar-refractivity contribution >= 4 is 41.0 Å². The average Bonchev–Trinajstić information content (AvgIpc) is 3.35. The number of ether oxygens (including phenoxy) is 2. The van der Waals surface area contributed by atoms with E-state index in [-0.39, 0.29) is 35.2 Å². The van der Waals surface area contributed by atoms with Gasteiger partial charge in [0.15, 0.2) is 5.69 Å². The van der Waals surface area contributed by atoms with Crippen LogP contribution in [0, 0.1) is 0 Å². The smallest absolute Gasteiger partial charge is 0.358 e. The van der Waals surface area contributed by atoms with Crippen molar-refractivity contribution in [2.24, 2.45) is 0 Å². The fourth-order valence-corrected chi connectivity index (χ4v) is 3.88. The Morgan fingerprint density at radius 3 is 2.53 bits per heavy atom. The van der Waals surface area contributed by atoms with Crippen LogP contribution in [0.15, 0.2) is 24.4 Å². The normalized spacial score (nSPS) is 11.7. The Kier molecular flexibility index (Phi) is 12.7. The van der Waals surface area contributed by atoms with Gasteiger partial charge < -0.3 is 19.7 Å². The maximum atomic E-state index is 13.6. The van der Waals surface area contributed by atoms with Gasteiger partial charge in [0.2, 0.25) is 5.91 Å². The minimum atomic E-state index is -0.883. The van der Waals surface area contributed by atoms with Crippen LogP contribution in [-0.2, 0) is 20.8 Å². The molecule has 0 aliphatic rings. The number of unbranched alkanes of at least 4 members (excludes halogenated alkanes) is 2. The quantitative estimate of drug-likeness (QED) is 0.270. The molecule has 0 aliphatic heterocycles. The second-order valence-corrected chi connectivity index (χ2v) is 8.97. The molecule has 0 radical (unpaired) electrons. The van der Waals surface area contributed by atoms with Crippen molar-refractivity contribution in [1.82, 2.24) is 25.2 Å². The van der Waals surface area contributed by atoms with Gasteiger partial charge in [-0.2, -0.15) is 0 Å². The predicted molar refractivity (Wildman–Crippen MR) is 136 cm³/mol. The molecule has 10 nitrogen and oxygen atoms in total. The second-order valence-electron chi connectivity index (χ2n) is 8.16. The van der Waals surface area contributed by atoms with E-state index in [4.69, 9.17) is 32.7 Å². The molecule has 12 heteroatoms. The zero-order valence-corrected chi connectivity index (χ0v) is 22.3. The highest BCUT2D eigenvalue weighted by Crippen LogP contribution is 2.22. The van der Waals surface area contributed by atoms with E-state index in [9.17, 15) is 14.4 Å². The Balaban J connectivity index is 2.26. The Labute approximate surface area is 221 Å². The molecule has 1 atom stereocenters. The molecule has 2 amide bonds. The molecular formula is C24H33Cl2N5O5. The summed E-state index contributed by atoms with van der Waals surface area (Å²) < 4.78 is 11.3. The lowest BCUT2D eigenvalue weighted by atomic mass is 10.1. The van der Waals surface area contributed by atoms with Gasteiger partial charge in [0.1, 0.15) is 6.04 Å². The van der Waals surface area contributed by atoms with Crippen LogP contribution in [0.25, 0.3) is 0 Å². The molecule has 1 aromatic carbocycles. The van der Waals surface area contributed by atoms with Crippen molar-refractivity contribution in [1.29, 1.82) is 0 Å². The van der Waals surface area contributed by atoms with Crippen LogP contribution in [0.4, 0.5) is 0 Å². The Bertz CT molecular complexity index is 1010. The topological polar surface area (TPSA) is 116 Å². The highest BCUT2D eigenvalue weighted by atomic mass is 35.5. The zero-order valence-electron chi connectivity index (χ0n) is 20.8. The predicted octanol–water partition coefficient (Wildman–Crippen LogP) is 3.62. The molecule has 0 saturated carbocycles. The van der Waals surface area contributed by atoms with Crippen LogP contribution in [0.5, 0.6) is 0 Å². The summed E-state index contributed by atoms with van der Waals surface area (Å²) in [5.41, 5.74) is 0.425. The first-order chi connectivity index (χ1) is 17.3. The van der Waals surface area contributed by atoms with E-state index in [0.29, 0.717) is 31.1 Å². The highest BCUT2D eigenvalue weighted by molar-refractivity contribution is 6.42. The molecule has 0 fully saturated rings. The zero-order chi connectivity index (χ0) is 26.5. The van der Waals surface area contributed by atoms with Gasteiger partial charge in [0.25, 0.3) is 5.91 Å². The maximum absolute atomic E-state index is 13.6. The molecule has 0 spiro atoms. The minimum absolute atomic E-state index is 0.152. The van der Waals surface area contributed by atoms with Crippen molar-refractivity contribution in [2.45, 2.75) is 51.6 Å². The van der Waals surface area contributed by atoms with Gasteiger partial charge in [-0.15, -0.1) is 5.10 Å². The number of benzene rings is 1. The van der Waals surface area contributed by atoms with E-state index in [1.807, 2.05) is 0 Å². The number of methoxy groups -OCH3 is 2. The molecule has 0 aliphatic carbocycles. The number of halogens is 2. The third-order valence-electron chi connectivity index (χ3n) is 5.55. The number of nitrogens with one attached hydrogen (secondary N) is 1. The van der Waals surface area contributed by atoms with Crippen molar-refractivity contribution in [2.75, 3.05) is 33.9 Å². The summed E-state index contributed by atoms with van der Waals surface area (Å²) in [6, 6.07) is 3.63. The fraction of sp³-hybridized carbons (Fsp3) is 0.542. The number of rotatable bonds is 15. The summed E-state index contributed by atoms with van der Waals surface area (Å²) >= 11 is 12.1. The van der Waals surface area contributed by atoms with E-state index < -0.39 is 17.9 Å². The van der Waals surface area contributed by atoms with Gasteiger partial charge >= 0.3 is 5.97 Å². The van der Waals surface area contributed by atoms with Crippen LogP contribution < -0.4 is 5.32 Å². The molecule has 2 rings (SSSR count). The molecule has 198 valence electrons. The van der Waals surface area contributed by atoms with E-state index >= 15 is 0 Å². The summed E-state index contributed by atoms with van der Waals surface area (Å²) in [5, 5.41) is 11.1. The SMILES string of the molecule is CCCCCN(CCCOC)C(=O)[C@H](CCn1nncc1C(=O)OC)NC(=O)c1ccc(Cl)c(Cl)c1. The number of nitrogens with zero attached hydrogens (tertiary/aromatic N) is 4. The summed E-state index contributed by atoms with van der Waals surface area (Å²) in [4.78, 5) is 40.4. The molecule has 36 heavy (non-hydrogen) atoms. The van der Waals surface area contributed by atoms with Gasteiger partial charge in [-0.3, -0.25) is 9.59 Å². The van der Waals surface area contributed by atoms with E-state index in [1.165, 1.54) is 36.2 Å². The molecular weight excluding hydrogens is 509 g/mol. The van der Waals surface area contributed by atoms with Crippen molar-refractivity contribution in [3.63, 3.8) is 0 Å². The van der Waals surface area contributed by atoms with E-state index in [2.05, 4.69) is 22.6 Å². The Morgan fingerprint density at radius 1 is 1.11 bits per heavy atom. The molecule has 0 saturated heterocycles. The van der Waals surface area contributed by atoms with Crippen molar-refractivity contribution in [3.05, 3.63) is 45.7 Å². The number of esters is 1. The molecule has 0 unspecified atom stereocenters. The summed E-state index contributed by atoms with van der Waals surface area (Å²) in [5.74, 6) is -1.29. The standard InChI is InChI=1S/C24H33Cl2N5O5/c1-4-5-6-11-30(12-7-14-35-2)23(33)20(10-13-31-21(16-27-29-31)24(34)36-3)28-22(32)17-8-9-18(25)19(26)15-17/h8-9,15-16,20H,4-7,10-14H2,1-3H3,(H,28,32)/t20-/m0/s1. The van der Waals surface area contributed by atoms with Crippen molar-refractivity contribution < 1.29 is 23.9 Å². The third-order valence-corrected chi connectivity index (χ3v) is 6.29. The second kappa shape index (κ2) is 15.4. The average molecular weight is 542 g/mol. The molecule has 2 aromatic rings. The third kappa shape index (κ3) is 8.76. The monoisotopic (exact) mass is 541 g/mol. The number of hydrogen-bond donors (Lipinski definition) is 1. The molecule has 1 aromatic heterocycles. The minimum Gasteiger partial charge on any atom is -0.464 e. The van der Waals surface area contributed by atoms with Gasteiger partial charge in [0.05, 0.1) is 23.4 Å². The van der Waals surface area contributed by atoms with Gasteiger partial charge in [-0.25, -0.2) is 9.48 Å². The van der Waals surface area contributed by atoms with Gasteiger partial charge in [-0.05, 0) is 37.5 Å². The Hall–Kier alpha value is -2.69. The number of amides is 2. The largest absolute Gasteiger partial charge is 0.464 e. The first-order valence-corrected chi connectivity index (χ1v) is 12.6. The van der Waals surface area contributed by atoms with Crippen LogP contribution >= 0.6 is 23.2 Å². The lowest BCUT2D eigenvalue weighted by molar-refractivity contribution is -0.133. The first kappa shape index (κ1) is 29.5. The van der Waals surface area contributed by atoms with Crippen LogP contribution in [0.1, 0.15) is 59.9 Å². The number of aromatic nitrogens is 3. The summed E-state index contributed by atoms with van der Waals surface area (Å²) in [7, 11) is 2.87. The summed E-state index contributed by atoms with van der Waals surface area (Å²) in [6.45, 7) is 3.82. The van der Waals surface area contributed by atoms with Crippen LogP contribution in [-0.4, -0.2) is 77.6 Å². The van der Waals surface area contributed by atoms with Crippen LogP contribution in [0.3, 0.4) is 0 Å². The molecule has 0 bridgehead atoms. The lowest BCUT2D eigenvalue weighted by Crippen LogP contribution is -2.49. The summed E-state index contributed by atoms with van der Waals surface area (Å²) in [6.07, 6.45) is 4.97. The Morgan fingerprint density at radius 2 is 1.86 bits per heavy atom. The first-order valence-electron chi connectivity index (χ1n) is 11.8. The van der Waals surface area contributed by atoms with Gasteiger partial charge in [-0.1, -0.05) is 48.2 Å². The lowest BCUT2D eigenvalue weighted by Gasteiger charge is -2.28. The van der Waals surface area contributed by atoms with E-state index in [1.54, 1.807) is 12.0 Å². The number of aryl methyl sites for hydroxylation is 1. The van der Waals surface area contributed by atoms with E-state index in [0.717, 1.165) is 19.3 Å². The fourth-order valence-electron chi connectivity index (χ4n) is 3.58. The molecule has 1 N–H and O–H groups in total. The number of carbonyl (C=O) groups is 3. The van der Waals surface area contributed by atoms with Crippen molar-refractivity contribution in [3.8, 4) is 0 Å². The number of carbonyl (C=O) groups excluding carboxylic acids is 3.